The number of carbonyl (C=O) groups is 1. The van der Waals surface area contributed by atoms with Gasteiger partial charge in [-0.2, -0.15) is 0 Å². The Morgan fingerprint density at radius 2 is 2.05 bits per heavy atom. The summed E-state index contributed by atoms with van der Waals surface area (Å²) in [5.74, 6) is 0.388. The molecule has 2 N–H and O–H groups in total. The zero-order valence-electron chi connectivity index (χ0n) is 13.7. The van der Waals surface area contributed by atoms with E-state index in [0.717, 1.165) is 45.3 Å². The van der Waals surface area contributed by atoms with Crippen LogP contribution in [-0.4, -0.2) is 41.6 Å². The zero-order chi connectivity index (χ0) is 15.3. The monoisotopic (exact) mass is 294 g/mol. The van der Waals surface area contributed by atoms with Gasteiger partial charge in [0, 0.05) is 30.5 Å². The van der Waals surface area contributed by atoms with E-state index < -0.39 is 5.54 Å². The number of hydrogen-bond acceptors (Lipinski definition) is 3. The highest BCUT2D eigenvalue weighted by atomic mass is 16.5. The Morgan fingerprint density at radius 1 is 1.29 bits per heavy atom. The van der Waals surface area contributed by atoms with Crippen molar-refractivity contribution in [3.8, 4) is 0 Å². The molecule has 3 fully saturated rings. The van der Waals surface area contributed by atoms with E-state index in [2.05, 4.69) is 25.7 Å². The lowest BCUT2D eigenvalue weighted by atomic mass is 9.46. The van der Waals surface area contributed by atoms with Gasteiger partial charge in [-0.3, -0.25) is 4.79 Å². The molecule has 1 saturated carbocycles. The molecule has 3 rings (SSSR count). The van der Waals surface area contributed by atoms with Crippen molar-refractivity contribution in [3.05, 3.63) is 0 Å². The van der Waals surface area contributed by atoms with Crippen LogP contribution in [0.1, 0.15) is 59.3 Å². The van der Waals surface area contributed by atoms with Gasteiger partial charge in [0.15, 0.2) is 0 Å². The standard InChI is InChI=1S/C17H30N2O2/c1-4-12-8-5-6-10-19(12)15(20)17(18)13-9-7-11-21-14(13)16(17,2)3/h12-14H,4-11,18H2,1-3H3. The summed E-state index contributed by atoms with van der Waals surface area (Å²) >= 11 is 0. The third kappa shape index (κ3) is 1.98. The number of piperidine rings is 1. The number of rotatable bonds is 2. The van der Waals surface area contributed by atoms with Crippen molar-refractivity contribution in [2.24, 2.45) is 17.1 Å². The van der Waals surface area contributed by atoms with Gasteiger partial charge < -0.3 is 15.4 Å². The minimum Gasteiger partial charge on any atom is -0.377 e. The second-order valence-corrected chi connectivity index (χ2v) is 7.69. The van der Waals surface area contributed by atoms with Crippen LogP contribution in [-0.2, 0) is 9.53 Å². The molecule has 4 atom stereocenters. The summed E-state index contributed by atoms with van der Waals surface area (Å²) in [5, 5.41) is 0. The van der Waals surface area contributed by atoms with Gasteiger partial charge in [-0.15, -0.1) is 0 Å². The van der Waals surface area contributed by atoms with Crippen LogP contribution in [0.25, 0.3) is 0 Å². The highest BCUT2D eigenvalue weighted by Crippen LogP contribution is 2.58. The first-order chi connectivity index (χ1) is 9.94. The zero-order valence-corrected chi connectivity index (χ0v) is 13.7. The third-order valence-corrected chi connectivity index (χ3v) is 6.40. The number of likely N-dealkylation sites (tertiary alicyclic amines) is 1. The van der Waals surface area contributed by atoms with E-state index >= 15 is 0 Å². The average Bonchev–Trinajstić information content (AvgIpc) is 2.53. The highest BCUT2D eigenvalue weighted by molar-refractivity contribution is 5.90. The number of nitrogens with zero attached hydrogens (tertiary/aromatic N) is 1. The van der Waals surface area contributed by atoms with Crippen LogP contribution < -0.4 is 5.73 Å². The minimum absolute atomic E-state index is 0.157. The molecule has 120 valence electrons. The fraction of sp³-hybridized carbons (Fsp3) is 0.941. The Hall–Kier alpha value is -0.610. The lowest BCUT2D eigenvalue weighted by molar-refractivity contribution is -0.231. The quantitative estimate of drug-likeness (QED) is 0.850. The Kier molecular flexibility index (Phi) is 3.81. The molecule has 1 aliphatic carbocycles. The largest absolute Gasteiger partial charge is 0.377 e. The predicted octanol–water partition coefficient (Wildman–Crippen LogP) is 2.31. The van der Waals surface area contributed by atoms with Crippen molar-refractivity contribution >= 4 is 5.91 Å². The smallest absolute Gasteiger partial charge is 0.243 e. The van der Waals surface area contributed by atoms with Crippen molar-refractivity contribution in [3.63, 3.8) is 0 Å². The van der Waals surface area contributed by atoms with Crippen LogP contribution in [0.3, 0.4) is 0 Å². The number of nitrogens with two attached hydrogens (primary N) is 1. The van der Waals surface area contributed by atoms with E-state index in [4.69, 9.17) is 10.5 Å². The molecule has 0 bridgehead atoms. The van der Waals surface area contributed by atoms with Crippen LogP contribution in [0.2, 0.25) is 0 Å². The fourth-order valence-electron chi connectivity index (χ4n) is 4.94. The Morgan fingerprint density at radius 3 is 2.76 bits per heavy atom. The summed E-state index contributed by atoms with van der Waals surface area (Å²) in [5.41, 5.74) is 5.76. The summed E-state index contributed by atoms with van der Waals surface area (Å²) in [6.45, 7) is 8.10. The molecule has 4 nitrogen and oxygen atoms in total. The predicted molar refractivity (Wildman–Crippen MR) is 82.8 cm³/mol. The van der Waals surface area contributed by atoms with E-state index in [1.54, 1.807) is 0 Å². The average molecular weight is 294 g/mol. The van der Waals surface area contributed by atoms with Crippen LogP contribution in [0.5, 0.6) is 0 Å². The molecule has 4 unspecified atom stereocenters. The lowest BCUT2D eigenvalue weighted by Gasteiger charge is -2.66. The molecule has 2 saturated heterocycles. The van der Waals surface area contributed by atoms with Crippen molar-refractivity contribution in [1.29, 1.82) is 0 Å². The maximum absolute atomic E-state index is 13.3. The summed E-state index contributed by atoms with van der Waals surface area (Å²) in [6.07, 6.45) is 6.73. The first kappa shape index (κ1) is 15.3. The molecule has 3 aliphatic rings. The van der Waals surface area contributed by atoms with Crippen molar-refractivity contribution in [2.45, 2.75) is 77.0 Å². The molecule has 2 heterocycles. The van der Waals surface area contributed by atoms with Crippen molar-refractivity contribution in [1.82, 2.24) is 4.90 Å². The molecule has 0 spiro atoms. The van der Waals surface area contributed by atoms with E-state index in [1.807, 2.05) is 0 Å². The summed E-state index contributed by atoms with van der Waals surface area (Å²) in [7, 11) is 0. The minimum atomic E-state index is -0.733. The van der Waals surface area contributed by atoms with Crippen LogP contribution in [0.15, 0.2) is 0 Å². The van der Waals surface area contributed by atoms with Gasteiger partial charge in [-0.25, -0.2) is 0 Å². The van der Waals surface area contributed by atoms with E-state index in [9.17, 15) is 4.79 Å². The Balaban J connectivity index is 1.85. The van der Waals surface area contributed by atoms with Gasteiger partial charge in [-0.05, 0) is 38.5 Å². The number of hydrogen-bond donors (Lipinski definition) is 1. The summed E-state index contributed by atoms with van der Waals surface area (Å²) in [4.78, 5) is 15.4. The SMILES string of the molecule is CCC1CCCCN1C(=O)C1(N)C2CCCOC2C1(C)C. The Labute approximate surface area is 128 Å². The van der Waals surface area contributed by atoms with Crippen molar-refractivity contribution < 1.29 is 9.53 Å². The van der Waals surface area contributed by atoms with Gasteiger partial charge in [0.2, 0.25) is 5.91 Å². The Bertz CT molecular complexity index is 423. The second-order valence-electron chi connectivity index (χ2n) is 7.69. The number of fused-ring (bicyclic) bond motifs is 1. The van der Waals surface area contributed by atoms with Crippen molar-refractivity contribution in [2.75, 3.05) is 13.2 Å². The number of ether oxygens (including phenoxy) is 1. The maximum Gasteiger partial charge on any atom is 0.243 e. The van der Waals surface area contributed by atoms with Gasteiger partial charge in [0.1, 0.15) is 5.54 Å². The molecular formula is C17H30N2O2. The number of amides is 1. The third-order valence-electron chi connectivity index (χ3n) is 6.40. The lowest BCUT2D eigenvalue weighted by Crippen LogP contribution is -2.83. The van der Waals surface area contributed by atoms with E-state index in [0.29, 0.717) is 6.04 Å². The van der Waals surface area contributed by atoms with Gasteiger partial charge >= 0.3 is 0 Å². The molecular weight excluding hydrogens is 264 g/mol. The van der Waals surface area contributed by atoms with Crippen LogP contribution >= 0.6 is 0 Å². The van der Waals surface area contributed by atoms with Gasteiger partial charge in [-0.1, -0.05) is 20.8 Å². The summed E-state index contributed by atoms with van der Waals surface area (Å²) in [6, 6.07) is 0.381. The van der Waals surface area contributed by atoms with Gasteiger partial charge in [0.25, 0.3) is 0 Å². The maximum atomic E-state index is 13.3. The molecule has 0 aromatic rings. The van der Waals surface area contributed by atoms with E-state index in [-0.39, 0.29) is 23.3 Å². The fourth-order valence-corrected chi connectivity index (χ4v) is 4.94. The first-order valence-corrected chi connectivity index (χ1v) is 8.66. The molecule has 0 aromatic heterocycles. The molecule has 0 radical (unpaired) electrons. The van der Waals surface area contributed by atoms with E-state index in [1.165, 1.54) is 6.42 Å². The topological polar surface area (TPSA) is 55.6 Å². The summed E-state index contributed by atoms with van der Waals surface area (Å²) < 4.78 is 5.93. The normalized spacial score (nSPS) is 42.1. The first-order valence-electron chi connectivity index (χ1n) is 8.66. The molecule has 2 aliphatic heterocycles. The molecule has 1 amide bonds. The number of carbonyl (C=O) groups excluding carboxylic acids is 1. The molecule has 0 aromatic carbocycles. The second kappa shape index (κ2) is 5.24. The molecule has 21 heavy (non-hydrogen) atoms. The van der Waals surface area contributed by atoms with Crippen LogP contribution in [0.4, 0.5) is 0 Å². The molecule has 4 heteroatoms. The highest BCUT2D eigenvalue weighted by Gasteiger charge is 2.71. The van der Waals surface area contributed by atoms with Crippen LogP contribution in [0, 0.1) is 11.3 Å². The van der Waals surface area contributed by atoms with Gasteiger partial charge in [0.05, 0.1) is 6.10 Å².